The zero-order chi connectivity index (χ0) is 16.4. The Kier molecular flexibility index (Phi) is 3.94. The van der Waals surface area contributed by atoms with Gasteiger partial charge in [-0.2, -0.15) is 0 Å². The van der Waals surface area contributed by atoms with E-state index in [0.29, 0.717) is 17.1 Å². The van der Waals surface area contributed by atoms with E-state index in [2.05, 4.69) is 15.2 Å². The average Bonchev–Trinajstić information content (AvgIpc) is 3.13. The molecular formula is C14H12N4O4S. The lowest BCUT2D eigenvalue weighted by Crippen LogP contribution is -2.36. The van der Waals surface area contributed by atoms with Crippen LogP contribution in [0.15, 0.2) is 44.0 Å². The topological polar surface area (TPSA) is 107 Å². The van der Waals surface area contributed by atoms with Crippen molar-refractivity contribution in [2.75, 3.05) is 7.11 Å². The number of ether oxygens (including phenoxy) is 1. The Bertz CT molecular complexity index is 904. The van der Waals surface area contributed by atoms with Gasteiger partial charge in [0.05, 0.1) is 7.11 Å². The third-order valence-electron chi connectivity index (χ3n) is 2.96. The predicted molar refractivity (Wildman–Crippen MR) is 81.3 cm³/mol. The standard InChI is InChI=1S/C14H12N4O4S/c1-8(19)15-14-16-11(7-23-14)12-13(20)22-17-18(12)9-3-5-10(21-2)6-4-9/h3-7H,1-2H3,(H-,15,16,17,19,20). The Balaban J connectivity index is 2.06. The van der Waals surface area contributed by atoms with Crippen molar-refractivity contribution in [2.45, 2.75) is 6.92 Å². The average molecular weight is 332 g/mol. The number of hydrogen-bond donors (Lipinski definition) is 1. The Hall–Kier alpha value is -2.94. The molecule has 3 aromatic rings. The third kappa shape index (κ3) is 2.99. The first-order valence-electron chi connectivity index (χ1n) is 6.54. The van der Waals surface area contributed by atoms with Gasteiger partial charge in [0.15, 0.2) is 5.69 Å². The zero-order valence-corrected chi connectivity index (χ0v) is 13.1. The van der Waals surface area contributed by atoms with E-state index in [4.69, 9.17) is 9.26 Å². The number of aromatic amines is 1. The van der Waals surface area contributed by atoms with E-state index in [1.165, 1.54) is 22.9 Å². The Morgan fingerprint density at radius 1 is 1.43 bits per heavy atom. The molecule has 2 heterocycles. The highest BCUT2D eigenvalue weighted by Crippen LogP contribution is 2.24. The summed E-state index contributed by atoms with van der Waals surface area (Å²) >= 11 is 1.17. The fraction of sp³-hybridized carbons (Fsp3) is 0.143. The van der Waals surface area contributed by atoms with Gasteiger partial charge in [-0.3, -0.25) is 4.52 Å². The SMILES string of the molecule is COc1ccc(-[n+]2[nH]oc(=O)c2-c2csc(/N=C(/C)[O-])n2)cc1. The lowest BCUT2D eigenvalue weighted by Gasteiger charge is -1.98. The van der Waals surface area contributed by atoms with E-state index < -0.39 is 5.63 Å². The van der Waals surface area contributed by atoms with Crippen LogP contribution in [0, 0.1) is 0 Å². The number of aliphatic imine (C=N–C) groups is 1. The maximum Gasteiger partial charge on any atom is 0.437 e. The van der Waals surface area contributed by atoms with Crippen molar-refractivity contribution >= 4 is 22.4 Å². The quantitative estimate of drug-likeness (QED) is 0.432. The highest BCUT2D eigenvalue weighted by molar-refractivity contribution is 7.13. The predicted octanol–water partition coefficient (Wildman–Crippen LogP) is 0.787. The number of thiazole rings is 1. The molecule has 0 amide bonds. The van der Waals surface area contributed by atoms with Gasteiger partial charge < -0.3 is 9.84 Å². The van der Waals surface area contributed by atoms with Crippen LogP contribution in [-0.2, 0) is 0 Å². The summed E-state index contributed by atoms with van der Waals surface area (Å²) in [6, 6.07) is 7.05. The number of hydrogen-bond acceptors (Lipinski definition) is 7. The summed E-state index contributed by atoms with van der Waals surface area (Å²) in [6.45, 7) is 1.34. The summed E-state index contributed by atoms with van der Waals surface area (Å²) in [5.74, 6) is 0.341. The number of H-pyrrole nitrogens is 1. The molecule has 0 saturated carbocycles. The van der Waals surface area contributed by atoms with E-state index in [9.17, 15) is 9.90 Å². The molecule has 2 aromatic heterocycles. The molecule has 1 aromatic carbocycles. The Labute approximate surface area is 134 Å². The van der Waals surface area contributed by atoms with Crippen molar-refractivity contribution in [3.8, 4) is 22.8 Å². The lowest BCUT2D eigenvalue weighted by atomic mass is 10.3. The molecule has 0 spiro atoms. The maximum atomic E-state index is 12.0. The smallest absolute Gasteiger partial charge is 0.437 e. The molecule has 1 N–H and O–H groups in total. The van der Waals surface area contributed by atoms with E-state index in [0.717, 1.165) is 0 Å². The van der Waals surface area contributed by atoms with E-state index >= 15 is 0 Å². The van der Waals surface area contributed by atoms with Crippen LogP contribution in [-0.4, -0.2) is 23.3 Å². The molecule has 0 bridgehead atoms. The van der Waals surface area contributed by atoms with Gasteiger partial charge in [-0.1, -0.05) is 0 Å². The number of nitrogens with one attached hydrogen (secondary N) is 1. The molecule has 0 atom stereocenters. The summed E-state index contributed by atoms with van der Waals surface area (Å²) < 4.78 is 11.4. The fourth-order valence-electron chi connectivity index (χ4n) is 1.96. The minimum absolute atomic E-state index is 0.219. The molecule has 0 aliphatic rings. The van der Waals surface area contributed by atoms with Crippen molar-refractivity contribution in [1.82, 2.24) is 10.3 Å². The highest BCUT2D eigenvalue weighted by atomic mass is 32.1. The fourth-order valence-corrected chi connectivity index (χ4v) is 2.68. The van der Waals surface area contributed by atoms with Gasteiger partial charge in [0, 0.05) is 17.5 Å². The molecule has 0 fully saturated rings. The Morgan fingerprint density at radius 2 is 2.17 bits per heavy atom. The van der Waals surface area contributed by atoms with Crippen LogP contribution in [0.5, 0.6) is 5.75 Å². The largest absolute Gasteiger partial charge is 0.862 e. The summed E-state index contributed by atoms with van der Waals surface area (Å²) in [6.07, 6.45) is 0. The van der Waals surface area contributed by atoms with Crippen LogP contribution in [0.25, 0.3) is 17.1 Å². The highest BCUT2D eigenvalue weighted by Gasteiger charge is 2.27. The minimum Gasteiger partial charge on any atom is -0.862 e. The first-order valence-corrected chi connectivity index (χ1v) is 7.42. The number of nitrogens with zero attached hydrogens (tertiary/aromatic N) is 3. The van der Waals surface area contributed by atoms with Crippen LogP contribution in [0.4, 0.5) is 5.13 Å². The first-order chi connectivity index (χ1) is 11.1. The van der Waals surface area contributed by atoms with Crippen LogP contribution < -0.4 is 20.2 Å². The molecule has 0 aliphatic carbocycles. The monoisotopic (exact) mass is 332 g/mol. The van der Waals surface area contributed by atoms with Gasteiger partial charge in [0.2, 0.25) is 10.8 Å². The summed E-state index contributed by atoms with van der Waals surface area (Å²) in [5, 5.41) is 15.5. The lowest BCUT2D eigenvalue weighted by molar-refractivity contribution is -0.660. The molecule has 8 nitrogen and oxygen atoms in total. The summed E-state index contributed by atoms with van der Waals surface area (Å²) in [4.78, 5) is 19.9. The number of rotatable bonds is 4. The van der Waals surface area contributed by atoms with Crippen LogP contribution >= 0.6 is 11.3 Å². The van der Waals surface area contributed by atoms with Crippen molar-refractivity contribution in [3.05, 3.63) is 40.1 Å². The van der Waals surface area contributed by atoms with Gasteiger partial charge in [-0.05, 0) is 34.9 Å². The number of methoxy groups -OCH3 is 1. The van der Waals surface area contributed by atoms with Crippen molar-refractivity contribution < 1.29 is 19.0 Å². The molecule has 3 rings (SSSR count). The zero-order valence-electron chi connectivity index (χ0n) is 12.3. The van der Waals surface area contributed by atoms with Gasteiger partial charge in [-0.15, -0.1) is 11.3 Å². The molecule has 0 radical (unpaired) electrons. The van der Waals surface area contributed by atoms with Crippen molar-refractivity contribution in [2.24, 2.45) is 4.99 Å². The van der Waals surface area contributed by atoms with Crippen LogP contribution in [0.1, 0.15) is 6.92 Å². The molecule has 9 heteroatoms. The Morgan fingerprint density at radius 3 is 2.83 bits per heavy atom. The second-order valence-electron chi connectivity index (χ2n) is 4.51. The summed E-state index contributed by atoms with van der Waals surface area (Å²) in [7, 11) is 1.57. The van der Waals surface area contributed by atoms with Gasteiger partial charge in [0.25, 0.3) is 0 Å². The van der Waals surface area contributed by atoms with E-state index in [1.807, 2.05) is 0 Å². The molecule has 0 aliphatic heterocycles. The third-order valence-corrected chi connectivity index (χ3v) is 3.70. The molecule has 0 unspecified atom stereocenters. The summed E-state index contributed by atoms with van der Waals surface area (Å²) in [5.41, 5.74) is 0.697. The van der Waals surface area contributed by atoms with Gasteiger partial charge in [0.1, 0.15) is 5.75 Å². The van der Waals surface area contributed by atoms with Crippen LogP contribution in [0.2, 0.25) is 0 Å². The second-order valence-corrected chi connectivity index (χ2v) is 5.35. The van der Waals surface area contributed by atoms with E-state index in [-0.39, 0.29) is 16.7 Å². The van der Waals surface area contributed by atoms with Gasteiger partial charge >= 0.3 is 11.3 Å². The van der Waals surface area contributed by atoms with Gasteiger partial charge in [-0.25, -0.2) is 14.8 Å². The second kappa shape index (κ2) is 6.05. The number of benzene rings is 1. The molecular weight excluding hydrogens is 320 g/mol. The molecule has 0 saturated heterocycles. The van der Waals surface area contributed by atoms with Crippen LogP contribution in [0.3, 0.4) is 0 Å². The van der Waals surface area contributed by atoms with Crippen molar-refractivity contribution in [3.63, 3.8) is 0 Å². The first kappa shape index (κ1) is 15.0. The number of aromatic nitrogens is 3. The maximum absolute atomic E-state index is 12.0. The molecule has 118 valence electrons. The van der Waals surface area contributed by atoms with Crippen molar-refractivity contribution in [1.29, 1.82) is 0 Å². The van der Waals surface area contributed by atoms with E-state index in [1.54, 1.807) is 36.8 Å². The minimum atomic E-state index is -0.569. The molecule has 23 heavy (non-hydrogen) atoms. The normalized spacial score (nSPS) is 11.7.